The first-order valence-electron chi connectivity index (χ1n) is 11.3. The molecule has 3 aromatic rings. The SMILES string of the molecule is CCCCOc1cccc(N2COc3c(cc4c(CCCC)cc(=O)oc4c3C)C2)c1. The summed E-state index contributed by atoms with van der Waals surface area (Å²) in [6.45, 7) is 8.20. The van der Waals surface area contributed by atoms with Crippen LogP contribution in [-0.2, 0) is 13.0 Å². The summed E-state index contributed by atoms with van der Waals surface area (Å²) < 4.78 is 17.6. The number of benzene rings is 2. The average Bonchev–Trinajstić information content (AvgIpc) is 2.78. The van der Waals surface area contributed by atoms with Gasteiger partial charge in [0.1, 0.15) is 17.1 Å². The van der Waals surface area contributed by atoms with Crippen LogP contribution in [0.1, 0.15) is 56.2 Å². The van der Waals surface area contributed by atoms with Gasteiger partial charge in [-0.3, -0.25) is 0 Å². The van der Waals surface area contributed by atoms with Gasteiger partial charge in [0.2, 0.25) is 0 Å². The minimum Gasteiger partial charge on any atom is -0.494 e. The van der Waals surface area contributed by atoms with Crippen molar-refractivity contribution in [3.63, 3.8) is 0 Å². The summed E-state index contributed by atoms with van der Waals surface area (Å²) in [7, 11) is 0. The summed E-state index contributed by atoms with van der Waals surface area (Å²) in [5.74, 6) is 1.71. The van der Waals surface area contributed by atoms with Gasteiger partial charge in [-0.2, -0.15) is 0 Å². The Hall–Kier alpha value is -2.95. The van der Waals surface area contributed by atoms with Gasteiger partial charge in [0.25, 0.3) is 0 Å². The lowest BCUT2D eigenvalue weighted by molar-refractivity contribution is 0.286. The van der Waals surface area contributed by atoms with Gasteiger partial charge in [-0.1, -0.05) is 32.8 Å². The van der Waals surface area contributed by atoms with E-state index in [4.69, 9.17) is 13.9 Å². The molecule has 0 aliphatic carbocycles. The Morgan fingerprint density at radius 1 is 1.10 bits per heavy atom. The molecule has 0 saturated heterocycles. The van der Waals surface area contributed by atoms with Crippen molar-refractivity contribution in [3.8, 4) is 11.5 Å². The Morgan fingerprint density at radius 3 is 2.74 bits per heavy atom. The van der Waals surface area contributed by atoms with Crippen LogP contribution >= 0.6 is 0 Å². The van der Waals surface area contributed by atoms with Gasteiger partial charge in [-0.25, -0.2) is 4.79 Å². The number of hydrogen-bond acceptors (Lipinski definition) is 5. The molecule has 0 fully saturated rings. The highest BCUT2D eigenvalue weighted by atomic mass is 16.5. The Kier molecular flexibility index (Phi) is 6.50. The highest BCUT2D eigenvalue weighted by Gasteiger charge is 2.23. The summed E-state index contributed by atoms with van der Waals surface area (Å²) in [6.07, 6.45) is 5.16. The third kappa shape index (κ3) is 4.55. The molecule has 2 heterocycles. The van der Waals surface area contributed by atoms with Crippen molar-refractivity contribution >= 4 is 16.7 Å². The van der Waals surface area contributed by atoms with Crippen molar-refractivity contribution in [1.29, 1.82) is 0 Å². The third-order valence-corrected chi connectivity index (χ3v) is 5.85. The molecular weight excluding hydrogens is 390 g/mol. The second-order valence-electron chi connectivity index (χ2n) is 8.23. The molecule has 5 heteroatoms. The lowest BCUT2D eigenvalue weighted by Crippen LogP contribution is -2.32. The summed E-state index contributed by atoms with van der Waals surface area (Å²) in [5.41, 5.74) is 4.50. The average molecular weight is 422 g/mol. The maximum Gasteiger partial charge on any atom is 0.336 e. The monoisotopic (exact) mass is 421 g/mol. The molecule has 0 atom stereocenters. The Balaban J connectivity index is 1.66. The molecular formula is C26H31NO4. The van der Waals surface area contributed by atoms with Gasteiger partial charge in [-0.05, 0) is 49.9 Å². The van der Waals surface area contributed by atoms with Crippen LogP contribution in [0.3, 0.4) is 0 Å². The molecule has 31 heavy (non-hydrogen) atoms. The first-order chi connectivity index (χ1) is 15.1. The molecule has 0 radical (unpaired) electrons. The van der Waals surface area contributed by atoms with E-state index in [9.17, 15) is 4.79 Å². The number of anilines is 1. The van der Waals surface area contributed by atoms with E-state index in [1.165, 1.54) is 0 Å². The number of nitrogens with zero attached hydrogens (tertiary/aromatic N) is 1. The second-order valence-corrected chi connectivity index (χ2v) is 8.23. The molecule has 2 aromatic carbocycles. The smallest absolute Gasteiger partial charge is 0.336 e. The van der Waals surface area contributed by atoms with E-state index in [1.807, 2.05) is 19.1 Å². The zero-order chi connectivity index (χ0) is 21.8. The molecule has 0 saturated carbocycles. The number of aryl methyl sites for hydroxylation is 2. The molecule has 0 bridgehead atoms. The highest BCUT2D eigenvalue weighted by molar-refractivity contribution is 5.86. The van der Waals surface area contributed by atoms with E-state index in [1.54, 1.807) is 6.07 Å². The van der Waals surface area contributed by atoms with E-state index in [0.717, 1.165) is 84.5 Å². The maximum atomic E-state index is 12.1. The van der Waals surface area contributed by atoms with Crippen LogP contribution < -0.4 is 20.0 Å². The number of ether oxygens (including phenoxy) is 2. The standard InChI is InChI=1S/C26H31NO4/c1-4-6-9-19-14-24(28)31-26-18(3)25-20(13-23(19)26)16-27(17-30-25)21-10-8-11-22(15-21)29-12-7-5-2/h8,10-11,13-15H,4-7,9,12,16-17H2,1-3H3. The molecule has 0 amide bonds. The molecule has 1 aliphatic heterocycles. The van der Waals surface area contributed by atoms with Crippen LogP contribution in [0.2, 0.25) is 0 Å². The summed E-state index contributed by atoms with van der Waals surface area (Å²) in [4.78, 5) is 14.3. The van der Waals surface area contributed by atoms with Crippen LogP contribution in [-0.4, -0.2) is 13.3 Å². The molecule has 0 N–H and O–H groups in total. The summed E-state index contributed by atoms with van der Waals surface area (Å²) in [6, 6.07) is 12.0. The summed E-state index contributed by atoms with van der Waals surface area (Å²) >= 11 is 0. The Labute approximate surface area is 183 Å². The largest absolute Gasteiger partial charge is 0.494 e. The topological polar surface area (TPSA) is 51.9 Å². The van der Waals surface area contributed by atoms with Crippen molar-refractivity contribution in [2.24, 2.45) is 0 Å². The number of hydrogen-bond donors (Lipinski definition) is 0. The van der Waals surface area contributed by atoms with E-state index in [2.05, 4.69) is 36.9 Å². The highest BCUT2D eigenvalue weighted by Crippen LogP contribution is 2.37. The van der Waals surface area contributed by atoms with E-state index >= 15 is 0 Å². The fourth-order valence-electron chi connectivity index (χ4n) is 4.13. The van der Waals surface area contributed by atoms with Crippen molar-refractivity contribution in [2.45, 2.75) is 59.4 Å². The minimum atomic E-state index is -0.293. The molecule has 0 unspecified atom stereocenters. The van der Waals surface area contributed by atoms with Crippen molar-refractivity contribution < 1.29 is 13.9 Å². The van der Waals surface area contributed by atoms with E-state index < -0.39 is 0 Å². The molecule has 1 aliphatic rings. The quantitative estimate of drug-likeness (QED) is 0.331. The van der Waals surface area contributed by atoms with Crippen molar-refractivity contribution in [2.75, 3.05) is 18.2 Å². The van der Waals surface area contributed by atoms with Crippen molar-refractivity contribution in [1.82, 2.24) is 0 Å². The third-order valence-electron chi connectivity index (χ3n) is 5.85. The second kappa shape index (κ2) is 9.46. The zero-order valence-electron chi connectivity index (χ0n) is 18.7. The predicted molar refractivity (Wildman–Crippen MR) is 124 cm³/mol. The van der Waals surface area contributed by atoms with Gasteiger partial charge in [-0.15, -0.1) is 0 Å². The van der Waals surface area contributed by atoms with E-state index in [-0.39, 0.29) is 5.63 Å². The molecule has 0 spiro atoms. The first kappa shape index (κ1) is 21.3. The van der Waals surface area contributed by atoms with Crippen molar-refractivity contribution in [3.05, 3.63) is 63.5 Å². The summed E-state index contributed by atoms with van der Waals surface area (Å²) in [5, 5.41) is 1.02. The molecule has 4 rings (SSSR count). The number of fused-ring (bicyclic) bond motifs is 2. The molecule has 1 aromatic heterocycles. The van der Waals surface area contributed by atoms with Gasteiger partial charge in [0.15, 0.2) is 6.73 Å². The Bertz CT molecular complexity index is 1120. The fraction of sp³-hybridized carbons (Fsp3) is 0.423. The lowest BCUT2D eigenvalue weighted by atomic mass is 9.98. The zero-order valence-corrected chi connectivity index (χ0v) is 18.7. The van der Waals surface area contributed by atoms with Gasteiger partial charge >= 0.3 is 5.63 Å². The Morgan fingerprint density at radius 2 is 1.94 bits per heavy atom. The van der Waals surface area contributed by atoms with E-state index in [0.29, 0.717) is 12.3 Å². The number of rotatable bonds is 8. The predicted octanol–water partition coefficient (Wildman–Crippen LogP) is 5.98. The van der Waals surface area contributed by atoms with Crippen LogP contribution in [0.15, 0.2) is 45.6 Å². The molecule has 164 valence electrons. The number of unbranched alkanes of at least 4 members (excludes halogenated alkanes) is 2. The van der Waals surface area contributed by atoms with Crippen LogP contribution in [0.4, 0.5) is 5.69 Å². The first-order valence-corrected chi connectivity index (χ1v) is 11.3. The van der Waals surface area contributed by atoms with Gasteiger partial charge in [0, 0.05) is 40.9 Å². The van der Waals surface area contributed by atoms with Crippen LogP contribution in [0.5, 0.6) is 11.5 Å². The molecule has 5 nitrogen and oxygen atoms in total. The lowest BCUT2D eigenvalue weighted by Gasteiger charge is -2.32. The normalized spacial score (nSPS) is 13.2. The maximum absolute atomic E-state index is 12.1. The van der Waals surface area contributed by atoms with Gasteiger partial charge in [0.05, 0.1) is 6.61 Å². The van der Waals surface area contributed by atoms with Crippen LogP contribution in [0.25, 0.3) is 11.0 Å². The van der Waals surface area contributed by atoms with Crippen LogP contribution in [0, 0.1) is 6.92 Å². The minimum absolute atomic E-state index is 0.293. The fourth-order valence-corrected chi connectivity index (χ4v) is 4.13. The van der Waals surface area contributed by atoms with Gasteiger partial charge < -0.3 is 18.8 Å².